The summed E-state index contributed by atoms with van der Waals surface area (Å²) in [6.07, 6.45) is 11.0. The lowest BCUT2D eigenvalue weighted by molar-refractivity contribution is -0.129. The predicted molar refractivity (Wildman–Crippen MR) is 92.1 cm³/mol. The van der Waals surface area contributed by atoms with Crippen LogP contribution in [0.2, 0.25) is 0 Å². The van der Waals surface area contributed by atoms with E-state index in [2.05, 4.69) is 4.90 Å². The minimum absolute atomic E-state index is 0.0894. The molecule has 5 heteroatoms. The van der Waals surface area contributed by atoms with Gasteiger partial charge in [-0.15, -0.1) is 0 Å². The third kappa shape index (κ3) is 3.37. The van der Waals surface area contributed by atoms with Crippen LogP contribution in [0, 0.1) is 11.8 Å². The molecule has 0 bridgehead atoms. The van der Waals surface area contributed by atoms with Crippen LogP contribution in [-0.4, -0.2) is 53.3 Å². The van der Waals surface area contributed by atoms with Gasteiger partial charge in [-0.2, -0.15) is 0 Å². The summed E-state index contributed by atoms with van der Waals surface area (Å²) in [6, 6.07) is 0.317. The number of nitrogens with two attached hydrogens (primary N) is 1. The number of carbonyl (C=O) groups is 2. The Morgan fingerprint density at radius 2 is 1.50 bits per heavy atom. The molecule has 5 nitrogen and oxygen atoms in total. The van der Waals surface area contributed by atoms with Crippen LogP contribution in [0.4, 0.5) is 0 Å². The Hall–Kier alpha value is -1.36. The zero-order chi connectivity index (χ0) is 16.7. The van der Waals surface area contributed by atoms with Gasteiger partial charge < -0.3 is 10.6 Å². The fraction of sp³-hybridized carbons (Fsp3) is 0.789. The van der Waals surface area contributed by atoms with Gasteiger partial charge in [0.25, 0.3) is 0 Å². The van der Waals surface area contributed by atoms with E-state index in [1.54, 1.807) is 0 Å². The van der Waals surface area contributed by atoms with Crippen molar-refractivity contribution in [1.82, 2.24) is 9.80 Å². The fourth-order valence-corrected chi connectivity index (χ4v) is 4.59. The summed E-state index contributed by atoms with van der Waals surface area (Å²) >= 11 is 0. The van der Waals surface area contributed by atoms with Gasteiger partial charge in [0.15, 0.2) is 0 Å². The lowest BCUT2D eigenvalue weighted by Gasteiger charge is -2.38. The van der Waals surface area contributed by atoms with Crippen molar-refractivity contribution >= 4 is 11.8 Å². The minimum atomic E-state index is -0.188. The molecule has 2 heterocycles. The molecular weight excluding hydrogens is 302 g/mol. The van der Waals surface area contributed by atoms with Crippen molar-refractivity contribution in [3.8, 4) is 0 Å². The van der Waals surface area contributed by atoms with E-state index in [1.807, 2.05) is 11.0 Å². The highest BCUT2D eigenvalue weighted by Crippen LogP contribution is 2.48. The van der Waals surface area contributed by atoms with Crippen LogP contribution in [0.3, 0.4) is 0 Å². The molecule has 0 aromatic rings. The molecule has 0 aromatic heterocycles. The van der Waals surface area contributed by atoms with E-state index in [4.69, 9.17) is 5.73 Å². The highest BCUT2D eigenvalue weighted by molar-refractivity contribution is 5.88. The van der Waals surface area contributed by atoms with Crippen LogP contribution in [0.25, 0.3) is 0 Å². The summed E-state index contributed by atoms with van der Waals surface area (Å²) in [5, 5.41) is 0. The zero-order valence-corrected chi connectivity index (χ0v) is 14.5. The highest BCUT2D eigenvalue weighted by atomic mass is 16.2. The van der Waals surface area contributed by atoms with Crippen molar-refractivity contribution in [1.29, 1.82) is 0 Å². The number of primary amides is 1. The molecule has 2 aliphatic heterocycles. The number of hydrogen-bond donors (Lipinski definition) is 1. The molecule has 1 unspecified atom stereocenters. The minimum Gasteiger partial charge on any atom is -0.368 e. The van der Waals surface area contributed by atoms with E-state index in [1.165, 1.54) is 31.3 Å². The van der Waals surface area contributed by atoms with E-state index < -0.39 is 0 Å². The molecule has 2 amide bonds. The second-order valence-corrected chi connectivity index (χ2v) is 8.05. The largest absolute Gasteiger partial charge is 0.368 e. The number of piperidine rings is 1. The van der Waals surface area contributed by atoms with Crippen molar-refractivity contribution < 1.29 is 9.59 Å². The summed E-state index contributed by atoms with van der Waals surface area (Å²) in [6.45, 7) is 2.59. The smallest absolute Gasteiger partial charge is 0.246 e. The molecular formula is C19H29N3O2. The fourth-order valence-electron chi connectivity index (χ4n) is 4.59. The standard InChI is InChI=1S/C19H29N3O2/c20-19(24)17-2-1-9-22(17)15-7-10-21(11-8-15)18(23)12-16(13-3-4-13)14-5-6-14/h12-15,17H,1-11H2,(H2,20,24). The summed E-state index contributed by atoms with van der Waals surface area (Å²) in [5.74, 6) is 1.45. The molecule has 2 saturated carbocycles. The maximum absolute atomic E-state index is 12.6. The predicted octanol–water partition coefficient (Wildman–Crippen LogP) is 1.67. The number of amides is 2. The normalized spacial score (nSPS) is 28.8. The molecule has 0 spiro atoms. The van der Waals surface area contributed by atoms with Gasteiger partial charge in [-0.05, 0) is 69.7 Å². The second kappa shape index (κ2) is 6.51. The van der Waals surface area contributed by atoms with Crippen LogP contribution >= 0.6 is 0 Å². The van der Waals surface area contributed by atoms with Gasteiger partial charge in [0.2, 0.25) is 11.8 Å². The number of carbonyl (C=O) groups excluding carboxylic acids is 2. The Bertz CT molecular complexity index is 529. The van der Waals surface area contributed by atoms with Gasteiger partial charge in [-0.25, -0.2) is 0 Å². The number of allylic oxidation sites excluding steroid dienone is 1. The van der Waals surface area contributed by atoms with Gasteiger partial charge in [0, 0.05) is 25.2 Å². The maximum atomic E-state index is 12.6. The molecule has 1 atom stereocenters. The van der Waals surface area contributed by atoms with Crippen LogP contribution < -0.4 is 5.73 Å². The number of rotatable bonds is 5. The quantitative estimate of drug-likeness (QED) is 0.779. The van der Waals surface area contributed by atoms with E-state index in [-0.39, 0.29) is 17.9 Å². The average molecular weight is 331 g/mol. The van der Waals surface area contributed by atoms with Crippen LogP contribution in [-0.2, 0) is 9.59 Å². The summed E-state index contributed by atoms with van der Waals surface area (Å²) < 4.78 is 0. The Kier molecular flexibility index (Phi) is 4.37. The van der Waals surface area contributed by atoms with E-state index in [0.717, 1.165) is 45.3 Å². The Morgan fingerprint density at radius 3 is 2.04 bits per heavy atom. The first-order chi connectivity index (χ1) is 11.6. The van der Waals surface area contributed by atoms with Crippen molar-refractivity contribution in [2.24, 2.45) is 17.6 Å². The van der Waals surface area contributed by atoms with Gasteiger partial charge in [-0.1, -0.05) is 5.57 Å². The Balaban J connectivity index is 1.33. The number of hydrogen-bond acceptors (Lipinski definition) is 3. The molecule has 2 aliphatic carbocycles. The molecule has 0 radical (unpaired) electrons. The average Bonchev–Trinajstić information content (AvgIpc) is 3.51. The molecule has 0 aromatic carbocycles. The molecule has 2 N–H and O–H groups in total. The topological polar surface area (TPSA) is 66.6 Å². The Labute approximate surface area is 144 Å². The lowest BCUT2D eigenvalue weighted by Crippen LogP contribution is -2.51. The summed E-state index contributed by atoms with van der Waals surface area (Å²) in [5.41, 5.74) is 6.98. The zero-order valence-electron chi connectivity index (χ0n) is 14.5. The number of nitrogens with zero attached hydrogens (tertiary/aromatic N) is 2. The first kappa shape index (κ1) is 16.1. The molecule has 24 heavy (non-hydrogen) atoms. The van der Waals surface area contributed by atoms with E-state index in [9.17, 15) is 9.59 Å². The van der Waals surface area contributed by atoms with Crippen LogP contribution in [0.5, 0.6) is 0 Å². The van der Waals surface area contributed by atoms with Crippen molar-refractivity contribution in [2.45, 2.75) is 63.5 Å². The van der Waals surface area contributed by atoms with Crippen molar-refractivity contribution in [2.75, 3.05) is 19.6 Å². The molecule has 4 fully saturated rings. The second-order valence-electron chi connectivity index (χ2n) is 8.05. The summed E-state index contributed by atoms with van der Waals surface area (Å²) in [7, 11) is 0. The monoisotopic (exact) mass is 331 g/mol. The molecule has 2 saturated heterocycles. The van der Waals surface area contributed by atoms with Gasteiger partial charge >= 0.3 is 0 Å². The SMILES string of the molecule is NC(=O)C1CCCN1C1CCN(C(=O)C=C(C2CC2)C2CC2)CC1. The van der Waals surface area contributed by atoms with E-state index >= 15 is 0 Å². The molecule has 4 rings (SSSR count). The molecule has 132 valence electrons. The van der Waals surface area contributed by atoms with Crippen LogP contribution in [0.1, 0.15) is 51.4 Å². The number of likely N-dealkylation sites (tertiary alicyclic amines) is 2. The maximum Gasteiger partial charge on any atom is 0.246 e. The first-order valence-electron chi connectivity index (χ1n) is 9.69. The third-order valence-electron chi connectivity index (χ3n) is 6.26. The lowest BCUT2D eigenvalue weighted by atomic mass is 10.0. The van der Waals surface area contributed by atoms with Crippen molar-refractivity contribution in [3.63, 3.8) is 0 Å². The Morgan fingerprint density at radius 1 is 0.875 bits per heavy atom. The highest BCUT2D eigenvalue weighted by Gasteiger charge is 2.38. The first-order valence-corrected chi connectivity index (χ1v) is 9.69. The third-order valence-corrected chi connectivity index (χ3v) is 6.26. The van der Waals surface area contributed by atoms with Gasteiger partial charge in [-0.3, -0.25) is 14.5 Å². The van der Waals surface area contributed by atoms with Gasteiger partial charge in [0.1, 0.15) is 0 Å². The van der Waals surface area contributed by atoms with Crippen LogP contribution in [0.15, 0.2) is 11.6 Å². The van der Waals surface area contributed by atoms with E-state index in [0.29, 0.717) is 17.9 Å². The summed E-state index contributed by atoms with van der Waals surface area (Å²) in [4.78, 5) is 28.5. The van der Waals surface area contributed by atoms with Crippen molar-refractivity contribution in [3.05, 3.63) is 11.6 Å². The van der Waals surface area contributed by atoms with Gasteiger partial charge in [0.05, 0.1) is 6.04 Å². The molecule has 4 aliphatic rings.